The summed E-state index contributed by atoms with van der Waals surface area (Å²) in [7, 11) is 1.48. The summed E-state index contributed by atoms with van der Waals surface area (Å²) < 4.78 is 0. The van der Waals surface area contributed by atoms with Crippen LogP contribution in [0.4, 0.5) is 4.79 Å². The van der Waals surface area contributed by atoms with Crippen molar-refractivity contribution >= 4 is 17.8 Å². The molecule has 0 aliphatic carbocycles. The van der Waals surface area contributed by atoms with E-state index in [2.05, 4.69) is 5.32 Å². The lowest BCUT2D eigenvalue weighted by Gasteiger charge is -1.88. The molecule has 2 amide bonds. The van der Waals surface area contributed by atoms with Gasteiger partial charge in [-0.15, -0.1) is 0 Å². The number of halogens is 1. The standard InChI is InChI=1S/C2H5ClN2O/c1-4-2(6)5-3/h1H3,(H2,4,5,6). The Labute approximate surface area is 40.8 Å². The van der Waals surface area contributed by atoms with E-state index >= 15 is 0 Å². The van der Waals surface area contributed by atoms with Crippen LogP contribution in [0.2, 0.25) is 0 Å². The molecule has 0 atom stereocenters. The van der Waals surface area contributed by atoms with Crippen molar-refractivity contribution in [2.24, 2.45) is 0 Å². The molecule has 0 saturated heterocycles. The number of carbonyl (C=O) groups excluding carboxylic acids is 1. The molecule has 6 heavy (non-hydrogen) atoms. The fraction of sp³-hybridized carbons (Fsp3) is 0.500. The van der Waals surface area contributed by atoms with Gasteiger partial charge < -0.3 is 5.32 Å². The molecule has 0 bridgehead atoms. The average molecular weight is 109 g/mol. The fourth-order valence-electron chi connectivity index (χ4n) is 0.0472. The molecule has 0 aromatic heterocycles. The first kappa shape index (κ1) is 5.56. The number of amides is 2. The van der Waals surface area contributed by atoms with E-state index < -0.39 is 6.03 Å². The Hall–Kier alpha value is -0.440. The highest BCUT2D eigenvalue weighted by Gasteiger charge is 1.84. The lowest BCUT2D eigenvalue weighted by atomic mass is 11.0. The van der Waals surface area contributed by atoms with E-state index in [0.717, 1.165) is 0 Å². The zero-order valence-corrected chi connectivity index (χ0v) is 4.04. The third-order valence-electron chi connectivity index (χ3n) is 0.313. The van der Waals surface area contributed by atoms with Crippen LogP contribution in [-0.2, 0) is 0 Å². The monoisotopic (exact) mass is 108 g/mol. The Morgan fingerprint density at radius 3 is 2.33 bits per heavy atom. The van der Waals surface area contributed by atoms with Gasteiger partial charge in [-0.05, 0) is 0 Å². The molecule has 4 heteroatoms. The van der Waals surface area contributed by atoms with Crippen LogP contribution in [0.3, 0.4) is 0 Å². The predicted molar refractivity (Wildman–Crippen MR) is 23.4 cm³/mol. The smallest absolute Gasteiger partial charge is 0.329 e. The van der Waals surface area contributed by atoms with Crippen LogP contribution in [0.1, 0.15) is 0 Å². The molecule has 0 aromatic carbocycles. The van der Waals surface area contributed by atoms with Gasteiger partial charge in [0.2, 0.25) is 0 Å². The van der Waals surface area contributed by atoms with Crippen molar-refractivity contribution in [3.05, 3.63) is 0 Å². The molecule has 0 rings (SSSR count). The van der Waals surface area contributed by atoms with Crippen molar-refractivity contribution in [1.82, 2.24) is 10.2 Å². The molecular formula is C2H5ClN2O. The van der Waals surface area contributed by atoms with E-state index in [1.807, 2.05) is 4.84 Å². The lowest BCUT2D eigenvalue weighted by Crippen LogP contribution is -2.25. The summed E-state index contributed by atoms with van der Waals surface area (Å²) >= 11 is 4.79. The number of nitrogens with one attached hydrogen (secondary N) is 2. The maximum Gasteiger partial charge on any atom is 0.329 e. The second-order valence-electron chi connectivity index (χ2n) is 0.674. The van der Waals surface area contributed by atoms with Crippen molar-refractivity contribution in [2.75, 3.05) is 7.05 Å². The number of carbonyl (C=O) groups is 1. The Balaban J connectivity index is 2.99. The maximum absolute atomic E-state index is 9.83. The van der Waals surface area contributed by atoms with Gasteiger partial charge >= 0.3 is 6.03 Å². The van der Waals surface area contributed by atoms with Gasteiger partial charge in [-0.25, -0.2) is 4.79 Å². The van der Waals surface area contributed by atoms with Crippen molar-refractivity contribution in [3.63, 3.8) is 0 Å². The average Bonchev–Trinajstić information content (AvgIpc) is 1.65. The van der Waals surface area contributed by atoms with Gasteiger partial charge in [-0.1, -0.05) is 0 Å². The molecular weight excluding hydrogens is 103 g/mol. The molecule has 0 aromatic rings. The van der Waals surface area contributed by atoms with Crippen LogP contribution in [-0.4, -0.2) is 13.1 Å². The molecule has 0 heterocycles. The molecule has 0 aliphatic heterocycles. The first-order valence-corrected chi connectivity index (χ1v) is 1.77. The SMILES string of the molecule is CNC(=O)NCl. The molecule has 0 fully saturated rings. The van der Waals surface area contributed by atoms with Gasteiger partial charge in [0.25, 0.3) is 0 Å². The molecule has 0 spiro atoms. The van der Waals surface area contributed by atoms with Gasteiger partial charge in [-0.2, -0.15) is 0 Å². The van der Waals surface area contributed by atoms with Crippen LogP contribution in [0.15, 0.2) is 0 Å². The lowest BCUT2D eigenvalue weighted by molar-refractivity contribution is 0.248. The van der Waals surface area contributed by atoms with E-state index in [-0.39, 0.29) is 0 Å². The van der Waals surface area contributed by atoms with E-state index in [0.29, 0.717) is 0 Å². The number of hydrogen-bond acceptors (Lipinski definition) is 1. The quantitative estimate of drug-likeness (QED) is 0.424. The second kappa shape index (κ2) is 2.78. The Morgan fingerprint density at radius 1 is 1.83 bits per heavy atom. The molecule has 0 saturated carbocycles. The summed E-state index contributed by atoms with van der Waals surface area (Å²) in [5.74, 6) is 0. The van der Waals surface area contributed by atoms with Crippen LogP contribution in [0, 0.1) is 0 Å². The van der Waals surface area contributed by atoms with Gasteiger partial charge in [0.1, 0.15) is 0 Å². The molecule has 36 valence electrons. The zero-order valence-electron chi connectivity index (χ0n) is 3.29. The first-order chi connectivity index (χ1) is 2.81. The minimum Gasteiger partial charge on any atom is -0.340 e. The fourth-order valence-corrected chi connectivity index (χ4v) is 0.142. The highest BCUT2D eigenvalue weighted by Crippen LogP contribution is 1.59. The number of urea groups is 1. The molecule has 0 radical (unpaired) electrons. The largest absolute Gasteiger partial charge is 0.340 e. The van der Waals surface area contributed by atoms with Gasteiger partial charge in [0, 0.05) is 18.8 Å². The molecule has 0 aliphatic rings. The van der Waals surface area contributed by atoms with Crippen LogP contribution in [0.5, 0.6) is 0 Å². The van der Waals surface area contributed by atoms with Crippen molar-refractivity contribution < 1.29 is 4.79 Å². The normalized spacial score (nSPS) is 7.00. The summed E-state index contributed by atoms with van der Waals surface area (Å²) in [5, 5.41) is 2.23. The highest BCUT2D eigenvalue weighted by molar-refractivity contribution is 6.21. The summed E-state index contributed by atoms with van der Waals surface area (Å²) in [6.45, 7) is 0. The number of hydrogen-bond donors (Lipinski definition) is 2. The van der Waals surface area contributed by atoms with Gasteiger partial charge in [0.15, 0.2) is 0 Å². The minimum absolute atomic E-state index is 0.392. The van der Waals surface area contributed by atoms with Crippen LogP contribution < -0.4 is 10.2 Å². The Kier molecular flexibility index (Phi) is 2.58. The number of rotatable bonds is 0. The van der Waals surface area contributed by atoms with Gasteiger partial charge in [-0.3, -0.25) is 4.84 Å². The first-order valence-electron chi connectivity index (χ1n) is 1.39. The van der Waals surface area contributed by atoms with E-state index in [4.69, 9.17) is 11.8 Å². The maximum atomic E-state index is 9.83. The van der Waals surface area contributed by atoms with E-state index in [1.165, 1.54) is 7.05 Å². The summed E-state index contributed by atoms with van der Waals surface area (Å²) in [5.41, 5.74) is 0. The van der Waals surface area contributed by atoms with Crippen molar-refractivity contribution in [2.45, 2.75) is 0 Å². The Bertz CT molecular complexity index is 49.5. The molecule has 2 N–H and O–H groups in total. The predicted octanol–water partition coefficient (Wildman–Crippen LogP) is 0.0692. The second-order valence-corrected chi connectivity index (χ2v) is 0.863. The third-order valence-corrected chi connectivity index (χ3v) is 0.485. The van der Waals surface area contributed by atoms with E-state index in [9.17, 15) is 4.79 Å². The topological polar surface area (TPSA) is 41.1 Å². The van der Waals surface area contributed by atoms with Gasteiger partial charge in [0.05, 0.1) is 0 Å². The van der Waals surface area contributed by atoms with Crippen LogP contribution >= 0.6 is 11.8 Å². The summed E-state index contributed by atoms with van der Waals surface area (Å²) in [6.07, 6.45) is 0. The Morgan fingerprint density at radius 2 is 2.33 bits per heavy atom. The highest BCUT2D eigenvalue weighted by atomic mass is 35.5. The summed E-state index contributed by atoms with van der Waals surface area (Å²) in [6, 6.07) is -0.392. The zero-order chi connectivity index (χ0) is 4.99. The van der Waals surface area contributed by atoms with Crippen molar-refractivity contribution in [1.29, 1.82) is 0 Å². The molecule has 0 unspecified atom stereocenters. The third kappa shape index (κ3) is 1.84. The minimum atomic E-state index is -0.392. The van der Waals surface area contributed by atoms with E-state index in [1.54, 1.807) is 0 Å². The van der Waals surface area contributed by atoms with Crippen molar-refractivity contribution in [3.8, 4) is 0 Å². The van der Waals surface area contributed by atoms with Crippen LogP contribution in [0.25, 0.3) is 0 Å². The molecule has 3 nitrogen and oxygen atoms in total. The summed E-state index contributed by atoms with van der Waals surface area (Å²) in [4.78, 5) is 11.7.